The number of rotatable bonds is 7. The minimum Gasteiger partial charge on any atom is -0.497 e. The fraction of sp³-hybridized carbons (Fsp3) is 0.375. The highest BCUT2D eigenvalue weighted by atomic mass is 16.5. The summed E-state index contributed by atoms with van der Waals surface area (Å²) in [6.07, 6.45) is 4.10. The van der Waals surface area contributed by atoms with Gasteiger partial charge in [-0.3, -0.25) is 4.79 Å². The number of aromatic amines is 1. The third kappa shape index (κ3) is 3.87. The maximum absolute atomic E-state index is 13.3. The zero-order valence-corrected chi connectivity index (χ0v) is 17.5. The molecule has 0 spiro atoms. The van der Waals surface area contributed by atoms with Gasteiger partial charge in [-0.25, -0.2) is 0 Å². The van der Waals surface area contributed by atoms with Gasteiger partial charge < -0.3 is 24.5 Å². The maximum atomic E-state index is 13.3. The number of ether oxygens (including phenoxy) is 3. The molecule has 0 radical (unpaired) electrons. The van der Waals surface area contributed by atoms with E-state index in [-0.39, 0.29) is 5.91 Å². The van der Waals surface area contributed by atoms with E-state index < -0.39 is 5.41 Å². The predicted molar refractivity (Wildman–Crippen MR) is 116 cm³/mol. The Morgan fingerprint density at radius 2 is 1.77 bits per heavy atom. The summed E-state index contributed by atoms with van der Waals surface area (Å²) in [6, 6.07) is 13.8. The molecule has 6 heteroatoms. The van der Waals surface area contributed by atoms with Crippen molar-refractivity contribution >= 4 is 16.8 Å². The normalized spacial score (nSPS) is 15.7. The largest absolute Gasteiger partial charge is 0.497 e. The van der Waals surface area contributed by atoms with Gasteiger partial charge in [0.05, 0.1) is 19.6 Å². The van der Waals surface area contributed by atoms with Crippen molar-refractivity contribution in [3.63, 3.8) is 0 Å². The molecule has 2 aromatic carbocycles. The summed E-state index contributed by atoms with van der Waals surface area (Å²) in [5, 5.41) is 4.31. The van der Waals surface area contributed by atoms with E-state index in [4.69, 9.17) is 14.2 Å². The van der Waals surface area contributed by atoms with Gasteiger partial charge in [-0.05, 0) is 60.7 Å². The monoisotopic (exact) mass is 408 g/mol. The van der Waals surface area contributed by atoms with Crippen molar-refractivity contribution in [2.24, 2.45) is 0 Å². The second-order valence-corrected chi connectivity index (χ2v) is 7.65. The molecule has 0 aliphatic carbocycles. The van der Waals surface area contributed by atoms with Crippen molar-refractivity contribution in [1.82, 2.24) is 10.3 Å². The third-order valence-corrected chi connectivity index (χ3v) is 6.08. The Morgan fingerprint density at radius 3 is 2.47 bits per heavy atom. The molecule has 2 heterocycles. The number of H-pyrrole nitrogens is 1. The summed E-state index contributed by atoms with van der Waals surface area (Å²) in [5.74, 6) is 1.68. The van der Waals surface area contributed by atoms with Crippen molar-refractivity contribution in [2.45, 2.75) is 24.7 Å². The molecular formula is C24H28N2O4. The first-order valence-electron chi connectivity index (χ1n) is 10.3. The number of benzene rings is 2. The Hall–Kier alpha value is -2.99. The van der Waals surface area contributed by atoms with Gasteiger partial charge in [-0.15, -0.1) is 0 Å². The zero-order chi connectivity index (χ0) is 21.0. The predicted octanol–water partition coefficient (Wildman–Crippen LogP) is 3.59. The molecule has 1 aliphatic rings. The highest BCUT2D eigenvalue weighted by molar-refractivity contribution is 5.89. The van der Waals surface area contributed by atoms with Crippen LogP contribution in [0.3, 0.4) is 0 Å². The molecule has 1 saturated heterocycles. The number of carbonyl (C=O) groups is 1. The second-order valence-electron chi connectivity index (χ2n) is 7.65. The fourth-order valence-electron chi connectivity index (χ4n) is 4.25. The maximum Gasteiger partial charge on any atom is 0.230 e. The molecule has 30 heavy (non-hydrogen) atoms. The Labute approximate surface area is 176 Å². The Balaban J connectivity index is 1.48. The van der Waals surface area contributed by atoms with Crippen LogP contribution in [0.15, 0.2) is 48.7 Å². The molecule has 0 atom stereocenters. The summed E-state index contributed by atoms with van der Waals surface area (Å²) in [7, 11) is 3.31. The average molecular weight is 408 g/mol. The smallest absolute Gasteiger partial charge is 0.230 e. The quantitative estimate of drug-likeness (QED) is 0.627. The minimum absolute atomic E-state index is 0.0633. The molecule has 0 bridgehead atoms. The number of hydrogen-bond donors (Lipinski definition) is 2. The van der Waals surface area contributed by atoms with Crippen LogP contribution in [-0.4, -0.2) is 44.9 Å². The topological polar surface area (TPSA) is 72.6 Å². The van der Waals surface area contributed by atoms with Crippen LogP contribution in [0.25, 0.3) is 10.9 Å². The van der Waals surface area contributed by atoms with Gasteiger partial charge in [0.2, 0.25) is 5.91 Å². The first-order valence-corrected chi connectivity index (χ1v) is 10.3. The van der Waals surface area contributed by atoms with Crippen molar-refractivity contribution < 1.29 is 19.0 Å². The lowest BCUT2D eigenvalue weighted by Gasteiger charge is -2.36. The van der Waals surface area contributed by atoms with Gasteiger partial charge in [-0.1, -0.05) is 12.1 Å². The molecule has 158 valence electrons. The molecule has 0 unspecified atom stereocenters. The molecule has 1 fully saturated rings. The lowest BCUT2D eigenvalue weighted by molar-refractivity contribution is -0.130. The number of methoxy groups -OCH3 is 2. The van der Waals surface area contributed by atoms with Crippen LogP contribution in [0.4, 0.5) is 0 Å². The number of aromatic nitrogens is 1. The van der Waals surface area contributed by atoms with Crippen LogP contribution in [-0.2, 0) is 21.4 Å². The van der Waals surface area contributed by atoms with E-state index in [1.54, 1.807) is 14.2 Å². The van der Waals surface area contributed by atoms with Crippen LogP contribution in [0, 0.1) is 0 Å². The molecule has 1 aliphatic heterocycles. The summed E-state index contributed by atoms with van der Waals surface area (Å²) < 4.78 is 16.2. The van der Waals surface area contributed by atoms with Gasteiger partial charge in [0.1, 0.15) is 11.5 Å². The second kappa shape index (κ2) is 8.79. The number of fused-ring (bicyclic) bond motifs is 1. The van der Waals surface area contributed by atoms with Gasteiger partial charge >= 0.3 is 0 Å². The van der Waals surface area contributed by atoms with Gasteiger partial charge in [0, 0.05) is 36.9 Å². The molecule has 1 amide bonds. The van der Waals surface area contributed by atoms with E-state index in [0.29, 0.717) is 32.6 Å². The van der Waals surface area contributed by atoms with Gasteiger partial charge in [0.25, 0.3) is 0 Å². The van der Waals surface area contributed by atoms with Gasteiger partial charge in [0.15, 0.2) is 0 Å². The van der Waals surface area contributed by atoms with Crippen LogP contribution in [0.1, 0.15) is 24.0 Å². The molecule has 4 rings (SSSR count). The molecule has 6 nitrogen and oxygen atoms in total. The first kappa shape index (κ1) is 20.3. The minimum atomic E-state index is -0.562. The molecule has 0 saturated carbocycles. The zero-order valence-electron chi connectivity index (χ0n) is 17.5. The summed E-state index contributed by atoms with van der Waals surface area (Å²) in [4.78, 5) is 16.6. The van der Waals surface area contributed by atoms with Crippen LogP contribution in [0.5, 0.6) is 11.5 Å². The highest BCUT2D eigenvalue weighted by Gasteiger charge is 2.41. The van der Waals surface area contributed by atoms with E-state index in [0.717, 1.165) is 39.9 Å². The van der Waals surface area contributed by atoms with E-state index in [1.807, 2.05) is 48.7 Å². The fourth-order valence-corrected chi connectivity index (χ4v) is 4.25. The standard InChI is InChI=1S/C24H28N2O4/c1-28-19-5-3-18(4-6-19)24(10-13-30-14-11-24)23(27)25-12-9-17-16-26-22-8-7-20(29-2)15-21(17)22/h3-8,15-16,26H,9-14H2,1-2H3,(H,25,27). The van der Waals surface area contributed by atoms with Crippen LogP contribution in [0.2, 0.25) is 0 Å². The average Bonchev–Trinajstić information content (AvgIpc) is 3.21. The van der Waals surface area contributed by atoms with Crippen molar-refractivity contribution in [3.8, 4) is 11.5 Å². The number of carbonyl (C=O) groups excluding carboxylic acids is 1. The van der Waals surface area contributed by atoms with E-state index in [2.05, 4.69) is 10.3 Å². The number of hydrogen-bond acceptors (Lipinski definition) is 4. The number of nitrogens with one attached hydrogen (secondary N) is 2. The third-order valence-electron chi connectivity index (χ3n) is 6.08. The van der Waals surface area contributed by atoms with Crippen LogP contribution < -0.4 is 14.8 Å². The molecule has 1 aromatic heterocycles. The number of amides is 1. The summed E-state index contributed by atoms with van der Waals surface area (Å²) >= 11 is 0. The lowest BCUT2D eigenvalue weighted by Crippen LogP contribution is -2.48. The van der Waals surface area contributed by atoms with Crippen molar-refractivity contribution in [1.29, 1.82) is 0 Å². The molecule has 2 N–H and O–H groups in total. The first-order chi connectivity index (χ1) is 14.7. The van der Waals surface area contributed by atoms with E-state index in [9.17, 15) is 4.79 Å². The Bertz CT molecular complexity index is 1000. The van der Waals surface area contributed by atoms with Crippen LogP contribution >= 0.6 is 0 Å². The SMILES string of the molecule is COc1ccc(C2(C(=O)NCCc3c[nH]c4ccc(OC)cc34)CCOCC2)cc1. The highest BCUT2D eigenvalue weighted by Crippen LogP contribution is 2.36. The van der Waals surface area contributed by atoms with Crippen molar-refractivity contribution in [3.05, 3.63) is 59.8 Å². The summed E-state index contributed by atoms with van der Waals surface area (Å²) in [5.41, 5.74) is 2.68. The van der Waals surface area contributed by atoms with E-state index >= 15 is 0 Å². The Kier molecular flexibility index (Phi) is 5.95. The molecular weight excluding hydrogens is 380 g/mol. The van der Waals surface area contributed by atoms with Gasteiger partial charge in [-0.2, -0.15) is 0 Å². The Morgan fingerprint density at radius 1 is 1.07 bits per heavy atom. The van der Waals surface area contributed by atoms with Crippen molar-refractivity contribution in [2.75, 3.05) is 34.0 Å². The lowest BCUT2D eigenvalue weighted by atomic mass is 9.73. The molecule has 3 aromatic rings. The summed E-state index contributed by atoms with van der Waals surface area (Å²) in [6.45, 7) is 1.74. The van der Waals surface area contributed by atoms with E-state index in [1.165, 1.54) is 0 Å².